The monoisotopic (exact) mass is 385 g/mol. The molecular formula is C20H23N3O5. The van der Waals surface area contributed by atoms with Crippen LogP contribution in [0.4, 0.5) is 0 Å². The molecule has 28 heavy (non-hydrogen) atoms. The van der Waals surface area contributed by atoms with Crippen LogP contribution in [0.3, 0.4) is 0 Å². The Morgan fingerprint density at radius 1 is 1.04 bits per heavy atom. The Bertz CT molecular complexity index is 880. The van der Waals surface area contributed by atoms with E-state index in [0.717, 1.165) is 11.1 Å². The van der Waals surface area contributed by atoms with Gasteiger partial charge < -0.3 is 19.9 Å². The third-order valence-electron chi connectivity index (χ3n) is 3.66. The number of carbonyl (C=O) groups is 2. The van der Waals surface area contributed by atoms with Crippen molar-refractivity contribution in [2.24, 2.45) is 10.8 Å². The predicted octanol–water partition coefficient (Wildman–Crippen LogP) is 1.71. The Labute approximate surface area is 163 Å². The number of benzene rings is 2. The number of hydrogen-bond donors (Lipinski definition) is 2. The van der Waals surface area contributed by atoms with E-state index in [1.807, 2.05) is 32.0 Å². The maximum absolute atomic E-state index is 11.9. The molecule has 0 radical (unpaired) electrons. The second-order valence-electron chi connectivity index (χ2n) is 6.02. The molecule has 0 aliphatic rings. The zero-order valence-electron chi connectivity index (χ0n) is 16.0. The molecule has 0 atom stereocenters. The van der Waals surface area contributed by atoms with Gasteiger partial charge >= 0.3 is 0 Å². The molecule has 3 N–H and O–H groups in total. The van der Waals surface area contributed by atoms with Gasteiger partial charge in [0.05, 0.1) is 13.3 Å². The lowest BCUT2D eigenvalue weighted by molar-refractivity contribution is -0.123. The first-order chi connectivity index (χ1) is 13.4. The summed E-state index contributed by atoms with van der Waals surface area (Å²) in [6.07, 6.45) is 1.45. The zero-order chi connectivity index (χ0) is 20.5. The normalized spacial score (nSPS) is 10.5. The van der Waals surface area contributed by atoms with Gasteiger partial charge in [0.25, 0.3) is 11.8 Å². The van der Waals surface area contributed by atoms with Crippen molar-refractivity contribution in [3.05, 3.63) is 53.1 Å². The highest BCUT2D eigenvalue weighted by Gasteiger charge is 2.07. The number of nitrogens with two attached hydrogens (primary N) is 1. The van der Waals surface area contributed by atoms with Gasteiger partial charge in [0.2, 0.25) is 0 Å². The van der Waals surface area contributed by atoms with Gasteiger partial charge in [-0.2, -0.15) is 5.10 Å². The van der Waals surface area contributed by atoms with Gasteiger partial charge in [-0.05, 0) is 54.8 Å². The van der Waals surface area contributed by atoms with Crippen molar-refractivity contribution < 1.29 is 23.8 Å². The van der Waals surface area contributed by atoms with Crippen molar-refractivity contribution in [3.8, 4) is 17.2 Å². The second kappa shape index (κ2) is 9.96. The Hall–Kier alpha value is -3.55. The Balaban J connectivity index is 1.90. The van der Waals surface area contributed by atoms with E-state index >= 15 is 0 Å². The number of methoxy groups -OCH3 is 1. The van der Waals surface area contributed by atoms with Crippen LogP contribution < -0.4 is 25.4 Å². The van der Waals surface area contributed by atoms with Gasteiger partial charge in [-0.15, -0.1) is 0 Å². The number of aryl methyl sites for hydroxylation is 2. The number of nitrogens with one attached hydrogen (secondary N) is 1. The summed E-state index contributed by atoms with van der Waals surface area (Å²) in [5, 5.41) is 3.90. The van der Waals surface area contributed by atoms with Gasteiger partial charge in [-0.3, -0.25) is 9.59 Å². The fraction of sp³-hybridized carbons (Fsp3) is 0.250. The molecule has 0 aliphatic heterocycles. The molecule has 0 saturated carbocycles. The van der Waals surface area contributed by atoms with E-state index in [1.165, 1.54) is 13.3 Å². The molecule has 0 aliphatic carbocycles. The van der Waals surface area contributed by atoms with Gasteiger partial charge in [0.15, 0.2) is 24.7 Å². The van der Waals surface area contributed by atoms with E-state index < -0.39 is 5.91 Å². The topological polar surface area (TPSA) is 112 Å². The van der Waals surface area contributed by atoms with Crippen LogP contribution in [-0.4, -0.2) is 38.4 Å². The summed E-state index contributed by atoms with van der Waals surface area (Å²) in [5.41, 5.74) is 10.1. The number of primary amides is 1. The van der Waals surface area contributed by atoms with E-state index in [-0.39, 0.29) is 19.1 Å². The highest BCUT2D eigenvalue weighted by atomic mass is 16.5. The minimum Gasteiger partial charge on any atom is -0.493 e. The first-order valence-corrected chi connectivity index (χ1v) is 8.50. The SMILES string of the molecule is COc1cc(/C=N\NC(=O)COc2cc(C)ccc2C)ccc1OCC(N)=O. The zero-order valence-corrected chi connectivity index (χ0v) is 16.0. The standard InChI is InChI=1S/C20H23N3O5/c1-13-4-5-14(2)17(8-13)28-12-20(25)23-22-10-15-6-7-16(18(9-15)26-3)27-11-19(21)24/h4-10H,11-12H2,1-3H3,(H2,21,24)(H,23,25)/b22-10-. The minimum atomic E-state index is -0.585. The highest BCUT2D eigenvalue weighted by Crippen LogP contribution is 2.27. The molecule has 0 heterocycles. The van der Waals surface area contributed by atoms with Crippen LogP contribution in [0.1, 0.15) is 16.7 Å². The van der Waals surface area contributed by atoms with Crippen molar-refractivity contribution in [2.75, 3.05) is 20.3 Å². The molecule has 148 valence electrons. The number of hydrazone groups is 1. The highest BCUT2D eigenvalue weighted by molar-refractivity contribution is 5.83. The van der Waals surface area contributed by atoms with E-state index in [2.05, 4.69) is 10.5 Å². The van der Waals surface area contributed by atoms with Crippen molar-refractivity contribution in [1.29, 1.82) is 0 Å². The maximum atomic E-state index is 11.9. The van der Waals surface area contributed by atoms with Crippen LogP contribution >= 0.6 is 0 Å². The molecule has 0 fully saturated rings. The number of amides is 2. The lowest BCUT2D eigenvalue weighted by Gasteiger charge is -2.10. The van der Waals surface area contributed by atoms with Crippen LogP contribution in [0.2, 0.25) is 0 Å². The first kappa shape index (κ1) is 20.8. The summed E-state index contributed by atoms with van der Waals surface area (Å²) < 4.78 is 16.0. The van der Waals surface area contributed by atoms with Gasteiger partial charge in [0, 0.05) is 0 Å². The third-order valence-corrected chi connectivity index (χ3v) is 3.66. The molecule has 0 bridgehead atoms. The lowest BCUT2D eigenvalue weighted by atomic mass is 10.1. The van der Waals surface area contributed by atoms with Crippen LogP contribution in [0, 0.1) is 13.8 Å². The Morgan fingerprint density at radius 2 is 1.79 bits per heavy atom. The predicted molar refractivity (Wildman–Crippen MR) is 105 cm³/mol. The summed E-state index contributed by atoms with van der Waals surface area (Å²) in [6, 6.07) is 10.8. The van der Waals surface area contributed by atoms with E-state index in [0.29, 0.717) is 22.8 Å². The fourth-order valence-corrected chi connectivity index (χ4v) is 2.25. The molecule has 0 saturated heterocycles. The van der Waals surface area contributed by atoms with Crippen molar-refractivity contribution in [3.63, 3.8) is 0 Å². The number of carbonyl (C=O) groups excluding carboxylic acids is 2. The quantitative estimate of drug-likeness (QED) is 0.504. The summed E-state index contributed by atoms with van der Waals surface area (Å²) >= 11 is 0. The van der Waals surface area contributed by atoms with Crippen LogP contribution in [0.25, 0.3) is 0 Å². The van der Waals surface area contributed by atoms with E-state index in [4.69, 9.17) is 19.9 Å². The molecule has 0 spiro atoms. The summed E-state index contributed by atoms with van der Waals surface area (Å²) in [6.45, 7) is 3.47. The van der Waals surface area contributed by atoms with E-state index in [1.54, 1.807) is 18.2 Å². The smallest absolute Gasteiger partial charge is 0.277 e. The summed E-state index contributed by atoms with van der Waals surface area (Å²) in [4.78, 5) is 22.7. The number of hydrogen-bond acceptors (Lipinski definition) is 6. The summed E-state index contributed by atoms with van der Waals surface area (Å²) in [5.74, 6) is 0.485. The number of rotatable bonds is 9. The number of nitrogens with zero attached hydrogens (tertiary/aromatic N) is 1. The lowest BCUT2D eigenvalue weighted by Crippen LogP contribution is -2.24. The molecule has 2 aromatic carbocycles. The molecule has 2 rings (SSSR count). The average Bonchev–Trinajstić information content (AvgIpc) is 2.67. The van der Waals surface area contributed by atoms with Crippen LogP contribution in [-0.2, 0) is 9.59 Å². The molecule has 2 aromatic rings. The Kier molecular flexibility index (Phi) is 7.38. The van der Waals surface area contributed by atoms with Crippen molar-refractivity contribution in [1.82, 2.24) is 5.43 Å². The largest absolute Gasteiger partial charge is 0.493 e. The Morgan fingerprint density at radius 3 is 2.50 bits per heavy atom. The van der Waals surface area contributed by atoms with Crippen molar-refractivity contribution >= 4 is 18.0 Å². The summed E-state index contributed by atoms with van der Waals surface area (Å²) in [7, 11) is 1.47. The number of ether oxygens (including phenoxy) is 3. The molecule has 8 nitrogen and oxygen atoms in total. The van der Waals surface area contributed by atoms with Gasteiger partial charge in [0.1, 0.15) is 5.75 Å². The first-order valence-electron chi connectivity index (χ1n) is 8.50. The van der Waals surface area contributed by atoms with Gasteiger partial charge in [-0.1, -0.05) is 12.1 Å². The van der Waals surface area contributed by atoms with Crippen LogP contribution in [0.15, 0.2) is 41.5 Å². The van der Waals surface area contributed by atoms with Crippen molar-refractivity contribution in [2.45, 2.75) is 13.8 Å². The van der Waals surface area contributed by atoms with Crippen LogP contribution in [0.5, 0.6) is 17.2 Å². The maximum Gasteiger partial charge on any atom is 0.277 e. The van der Waals surface area contributed by atoms with E-state index in [9.17, 15) is 9.59 Å². The average molecular weight is 385 g/mol. The second-order valence-corrected chi connectivity index (χ2v) is 6.02. The molecule has 2 amide bonds. The van der Waals surface area contributed by atoms with Gasteiger partial charge in [-0.25, -0.2) is 5.43 Å². The fourth-order valence-electron chi connectivity index (χ4n) is 2.25. The molecule has 8 heteroatoms. The molecule has 0 aromatic heterocycles. The third kappa shape index (κ3) is 6.31. The molecular weight excluding hydrogens is 362 g/mol. The minimum absolute atomic E-state index is 0.148. The molecule has 0 unspecified atom stereocenters.